The summed E-state index contributed by atoms with van der Waals surface area (Å²) in [6, 6.07) is 0. The standard InChI is InChI=1S/C3H3N7O8.H4NO/c11-1(12)3(10(17)18)4-6-7(5-3)2(8(13)14)9(15)16;1-2/h2,5H,(H,11,12);2H,1H3/q;+1/p-1. The molecule has 0 aliphatic carbocycles. The molecule has 5 N–H and O–H groups in total. The van der Waals surface area contributed by atoms with Gasteiger partial charge in [-0.2, -0.15) is 0 Å². The first-order chi connectivity index (χ1) is 9.22. The minimum Gasteiger partial charge on any atom is -0.540 e. The molecule has 0 saturated carbocycles. The van der Waals surface area contributed by atoms with Gasteiger partial charge in [0.2, 0.25) is 0 Å². The molecule has 1 aliphatic heterocycles. The summed E-state index contributed by atoms with van der Waals surface area (Å²) in [5.74, 6) is -3.46. The van der Waals surface area contributed by atoms with Gasteiger partial charge in [-0.3, -0.25) is 30.3 Å². The molecule has 1 heterocycles. The second kappa shape index (κ2) is 6.21. The fourth-order valence-corrected chi connectivity index (χ4v) is 0.915. The molecular weight excluding hydrogens is 292 g/mol. The van der Waals surface area contributed by atoms with Crippen molar-refractivity contribution in [2.75, 3.05) is 0 Å². The lowest BCUT2D eigenvalue weighted by Gasteiger charge is -2.18. The zero-order valence-corrected chi connectivity index (χ0v) is 9.18. The van der Waals surface area contributed by atoms with Crippen molar-refractivity contribution in [2.45, 2.75) is 12.1 Å². The average molecular weight is 298 g/mol. The van der Waals surface area contributed by atoms with Gasteiger partial charge in [-0.05, 0) is 5.22 Å². The van der Waals surface area contributed by atoms with Crippen LogP contribution in [0, 0.1) is 30.3 Å². The maximum absolute atomic E-state index is 10.5. The van der Waals surface area contributed by atoms with E-state index in [1.54, 1.807) is 0 Å². The predicted octanol–water partition coefficient (Wildman–Crippen LogP) is -4.69. The number of nitrogens with zero attached hydrogens (tertiary/aromatic N) is 6. The maximum Gasteiger partial charge on any atom is 0.565 e. The van der Waals surface area contributed by atoms with E-state index >= 15 is 0 Å². The predicted molar refractivity (Wildman–Crippen MR) is 47.0 cm³/mol. The zero-order valence-electron chi connectivity index (χ0n) is 9.18. The highest BCUT2D eigenvalue weighted by Crippen LogP contribution is 2.18. The van der Waals surface area contributed by atoms with Crippen molar-refractivity contribution >= 4 is 5.97 Å². The Morgan fingerprint density at radius 1 is 1.25 bits per heavy atom. The van der Waals surface area contributed by atoms with E-state index in [4.69, 9.17) is 5.21 Å². The topological polar surface area (TPSA) is 257 Å². The van der Waals surface area contributed by atoms with E-state index in [-0.39, 0.29) is 5.12 Å². The van der Waals surface area contributed by atoms with E-state index in [1.165, 1.54) is 5.43 Å². The Kier molecular flexibility index (Phi) is 5.27. The first kappa shape index (κ1) is 16.9. The van der Waals surface area contributed by atoms with E-state index in [9.17, 15) is 40.2 Å². The summed E-state index contributed by atoms with van der Waals surface area (Å²) in [6.45, 7) is 0. The molecule has 112 valence electrons. The van der Waals surface area contributed by atoms with Crippen LogP contribution in [0.4, 0.5) is 0 Å². The molecule has 0 aromatic carbocycles. The number of hydrogen-bond acceptors (Lipinski definition) is 13. The van der Waals surface area contributed by atoms with Crippen molar-refractivity contribution in [1.82, 2.24) is 10.5 Å². The number of carbonyl (C=O) groups excluding carboxylic acids is 1. The van der Waals surface area contributed by atoms with Crippen LogP contribution in [-0.2, 0) is 4.79 Å². The highest BCUT2D eigenvalue weighted by Gasteiger charge is 2.57. The van der Waals surface area contributed by atoms with Crippen molar-refractivity contribution in [2.24, 2.45) is 10.3 Å². The summed E-state index contributed by atoms with van der Waals surface area (Å²) < 4.78 is 0. The molecule has 17 nitrogen and oxygen atoms in total. The molecule has 0 radical (unpaired) electrons. The number of carboxylic acids is 1. The van der Waals surface area contributed by atoms with Crippen molar-refractivity contribution in [3.05, 3.63) is 30.3 Å². The van der Waals surface area contributed by atoms with Crippen LogP contribution in [0.3, 0.4) is 0 Å². The molecule has 1 aliphatic rings. The van der Waals surface area contributed by atoms with Gasteiger partial charge in [0.1, 0.15) is 9.85 Å². The lowest BCUT2D eigenvalue weighted by Crippen LogP contribution is -2.65. The Morgan fingerprint density at radius 3 is 1.95 bits per heavy atom. The van der Waals surface area contributed by atoms with Crippen LogP contribution in [0.1, 0.15) is 0 Å². The van der Waals surface area contributed by atoms with Crippen LogP contribution in [0.25, 0.3) is 0 Å². The Balaban J connectivity index is 0.00000172. The fraction of sp³-hybridized carbons (Fsp3) is 0.667. The van der Waals surface area contributed by atoms with Crippen LogP contribution < -0.4 is 16.4 Å². The summed E-state index contributed by atoms with van der Waals surface area (Å²) in [5, 5.41) is 53.4. The smallest absolute Gasteiger partial charge is 0.540 e. The Morgan fingerprint density at radius 2 is 1.70 bits per heavy atom. The number of rotatable bonds is 5. The zero-order chi connectivity index (χ0) is 16.1. The molecule has 1 atom stereocenters. The molecule has 20 heavy (non-hydrogen) atoms. The largest absolute Gasteiger partial charge is 0.565 e. The number of quaternary nitrogens is 1. The van der Waals surface area contributed by atoms with E-state index in [1.807, 2.05) is 0 Å². The van der Waals surface area contributed by atoms with Crippen molar-refractivity contribution in [3.8, 4) is 0 Å². The first-order valence-corrected chi connectivity index (χ1v) is 4.17. The minimum atomic E-state index is -3.33. The molecule has 0 saturated heterocycles. The van der Waals surface area contributed by atoms with E-state index in [0.717, 1.165) is 0 Å². The third-order valence-electron chi connectivity index (χ3n) is 1.70. The van der Waals surface area contributed by atoms with Crippen molar-refractivity contribution < 1.29 is 35.8 Å². The number of carboxylic acid groups (broad SMARTS) is 1. The number of nitro groups is 3. The highest BCUT2D eigenvalue weighted by atomic mass is 16.7. The number of hydrazine groups is 1. The van der Waals surface area contributed by atoms with Crippen LogP contribution in [-0.4, -0.2) is 43.1 Å². The molecule has 0 aromatic heterocycles. The highest BCUT2D eigenvalue weighted by molar-refractivity contribution is 5.73. The number of carbonyl (C=O) groups is 1. The molecule has 17 heteroatoms. The van der Waals surface area contributed by atoms with Crippen LogP contribution in [0.5, 0.6) is 0 Å². The van der Waals surface area contributed by atoms with Gasteiger partial charge in [-0.15, -0.1) is 5.43 Å². The Hall–Kier alpha value is -3.05. The maximum atomic E-state index is 10.5. The number of nitrogens with one attached hydrogen (secondary N) is 1. The number of aliphatic carboxylic acids is 1. The summed E-state index contributed by atoms with van der Waals surface area (Å²) in [5.41, 5.74) is 1.32. The lowest BCUT2D eigenvalue weighted by atomic mass is 10.4. The molecular formula is C3H6N8O9. The second-order valence-electron chi connectivity index (χ2n) is 2.78. The molecule has 0 spiro atoms. The monoisotopic (exact) mass is 298 g/mol. The van der Waals surface area contributed by atoms with Gasteiger partial charge in [0.05, 0.1) is 4.92 Å². The molecule has 1 rings (SSSR count). The molecule has 1 unspecified atom stereocenters. The van der Waals surface area contributed by atoms with Gasteiger partial charge in [0, 0.05) is 0 Å². The van der Waals surface area contributed by atoms with Gasteiger partial charge in [-0.25, -0.2) is 11.1 Å². The normalized spacial score (nSPS) is 20.2. The van der Waals surface area contributed by atoms with Crippen molar-refractivity contribution in [3.63, 3.8) is 0 Å². The average Bonchev–Trinajstić information content (AvgIpc) is 2.76. The van der Waals surface area contributed by atoms with Gasteiger partial charge in [0.25, 0.3) is 0 Å². The second-order valence-corrected chi connectivity index (χ2v) is 2.78. The Labute approximate surface area is 106 Å². The van der Waals surface area contributed by atoms with Gasteiger partial charge < -0.3 is 9.90 Å². The molecule has 0 aromatic rings. The molecule has 0 amide bonds. The van der Waals surface area contributed by atoms with Crippen LogP contribution in [0.15, 0.2) is 10.3 Å². The summed E-state index contributed by atoms with van der Waals surface area (Å²) >= 11 is 0. The van der Waals surface area contributed by atoms with E-state index < -0.39 is 32.8 Å². The summed E-state index contributed by atoms with van der Waals surface area (Å²) in [6.07, 6.45) is -2.77. The summed E-state index contributed by atoms with van der Waals surface area (Å²) in [4.78, 5) is 37.2. The van der Waals surface area contributed by atoms with Gasteiger partial charge in [-0.1, -0.05) is 10.2 Å². The van der Waals surface area contributed by atoms with Crippen LogP contribution in [0.2, 0.25) is 0 Å². The SMILES string of the molecule is O=C([O-])C1([N+](=O)[O-])N=NN(C([N+](=O)[O-])[N+](=O)[O-])N1.[NH3+]O. The third kappa shape index (κ3) is 2.85. The third-order valence-corrected chi connectivity index (χ3v) is 1.70. The van der Waals surface area contributed by atoms with Crippen molar-refractivity contribution in [1.29, 1.82) is 0 Å². The van der Waals surface area contributed by atoms with Gasteiger partial charge >= 0.3 is 12.1 Å². The Bertz CT molecular complexity index is 432. The van der Waals surface area contributed by atoms with E-state index in [2.05, 4.69) is 16.2 Å². The van der Waals surface area contributed by atoms with Crippen LogP contribution >= 0.6 is 0 Å². The summed E-state index contributed by atoms with van der Waals surface area (Å²) in [7, 11) is 0. The molecule has 0 fully saturated rings. The van der Waals surface area contributed by atoms with E-state index in [0.29, 0.717) is 0 Å². The van der Waals surface area contributed by atoms with Gasteiger partial charge in [0.15, 0.2) is 5.97 Å². The molecule has 0 bridgehead atoms. The lowest BCUT2D eigenvalue weighted by molar-refractivity contribution is -0.773. The quantitative estimate of drug-likeness (QED) is 0.246. The number of hydrogen-bond donors (Lipinski definition) is 3. The fourth-order valence-electron chi connectivity index (χ4n) is 0.915. The minimum absolute atomic E-state index is 0.265. The first-order valence-electron chi connectivity index (χ1n) is 4.17.